The third kappa shape index (κ3) is 5.02. The summed E-state index contributed by atoms with van der Waals surface area (Å²) in [4.78, 5) is 30.1. The van der Waals surface area contributed by atoms with E-state index >= 15 is 0 Å². The normalized spacial score (nSPS) is 12.3. The smallest absolute Gasteiger partial charge is 0.406 e. The number of halogens is 4. The summed E-state index contributed by atoms with van der Waals surface area (Å²) in [6, 6.07) is 7.54. The summed E-state index contributed by atoms with van der Waals surface area (Å²) >= 11 is 0. The Morgan fingerprint density at radius 3 is 2.57 bits per heavy atom. The third-order valence-electron chi connectivity index (χ3n) is 4.14. The minimum atomic E-state index is -4.86. The molecule has 0 saturated carbocycles. The summed E-state index contributed by atoms with van der Waals surface area (Å²) in [5.74, 6) is -1.77. The van der Waals surface area contributed by atoms with Crippen molar-refractivity contribution in [1.82, 2.24) is 15.3 Å². The summed E-state index contributed by atoms with van der Waals surface area (Å²) in [5.41, 5.74) is -0.0135. The van der Waals surface area contributed by atoms with Crippen LogP contribution in [0.3, 0.4) is 0 Å². The zero-order valence-corrected chi connectivity index (χ0v) is 15.5. The summed E-state index contributed by atoms with van der Waals surface area (Å²) in [5, 5.41) is 2.59. The van der Waals surface area contributed by atoms with Crippen LogP contribution >= 0.6 is 0 Å². The minimum Gasteiger partial charge on any atom is -0.406 e. The average molecular weight is 421 g/mol. The minimum absolute atomic E-state index is 0.102. The summed E-state index contributed by atoms with van der Waals surface area (Å²) in [6.45, 7) is 1.39. The SMILES string of the molecule is Cc1cc([C@H](NC(=O)c2ccc(=O)[nH]c2)c2ncccc2F)ccc1OC(F)(F)F. The van der Waals surface area contributed by atoms with E-state index in [1.165, 1.54) is 43.6 Å². The van der Waals surface area contributed by atoms with Crippen LogP contribution in [-0.4, -0.2) is 22.2 Å². The second-order valence-corrected chi connectivity index (χ2v) is 6.29. The van der Waals surface area contributed by atoms with Crippen LogP contribution in [0.4, 0.5) is 17.6 Å². The fourth-order valence-electron chi connectivity index (χ4n) is 2.78. The van der Waals surface area contributed by atoms with Crippen molar-refractivity contribution in [2.45, 2.75) is 19.3 Å². The van der Waals surface area contributed by atoms with E-state index in [9.17, 15) is 27.2 Å². The number of alkyl halides is 3. The van der Waals surface area contributed by atoms with Gasteiger partial charge in [0, 0.05) is 18.5 Å². The fourth-order valence-corrected chi connectivity index (χ4v) is 2.78. The van der Waals surface area contributed by atoms with E-state index in [-0.39, 0.29) is 22.4 Å². The van der Waals surface area contributed by atoms with Crippen molar-refractivity contribution in [2.75, 3.05) is 0 Å². The van der Waals surface area contributed by atoms with Gasteiger partial charge >= 0.3 is 6.36 Å². The van der Waals surface area contributed by atoms with Gasteiger partial charge in [0.15, 0.2) is 0 Å². The van der Waals surface area contributed by atoms with Gasteiger partial charge in [-0.25, -0.2) is 4.39 Å². The fraction of sp³-hybridized carbons (Fsp3) is 0.150. The van der Waals surface area contributed by atoms with Crippen LogP contribution in [-0.2, 0) is 0 Å². The molecule has 2 aromatic heterocycles. The summed E-state index contributed by atoms with van der Waals surface area (Å²) in [6.07, 6.45) is -2.35. The molecule has 0 radical (unpaired) electrons. The molecule has 0 aliphatic heterocycles. The highest BCUT2D eigenvalue weighted by molar-refractivity contribution is 5.94. The maximum absolute atomic E-state index is 14.4. The first-order chi connectivity index (χ1) is 14.1. The molecule has 1 atom stereocenters. The summed E-state index contributed by atoms with van der Waals surface area (Å²) < 4.78 is 55.9. The molecule has 0 unspecified atom stereocenters. The van der Waals surface area contributed by atoms with E-state index in [0.717, 1.165) is 18.2 Å². The molecule has 0 bridgehead atoms. The highest BCUT2D eigenvalue weighted by atomic mass is 19.4. The number of pyridine rings is 2. The molecule has 156 valence electrons. The Bertz CT molecular complexity index is 1110. The number of nitrogens with zero attached hydrogens (tertiary/aromatic N) is 1. The van der Waals surface area contributed by atoms with Gasteiger partial charge < -0.3 is 15.0 Å². The number of hydrogen-bond acceptors (Lipinski definition) is 4. The quantitative estimate of drug-likeness (QED) is 0.617. The van der Waals surface area contributed by atoms with Crippen molar-refractivity contribution < 1.29 is 27.1 Å². The molecule has 1 aromatic carbocycles. The number of carbonyl (C=O) groups is 1. The average Bonchev–Trinajstić information content (AvgIpc) is 2.68. The van der Waals surface area contributed by atoms with Crippen molar-refractivity contribution in [3.8, 4) is 5.75 Å². The molecule has 0 aliphatic carbocycles. The topological polar surface area (TPSA) is 84.1 Å². The lowest BCUT2D eigenvalue weighted by molar-refractivity contribution is -0.274. The van der Waals surface area contributed by atoms with Crippen molar-refractivity contribution in [3.05, 3.63) is 93.4 Å². The van der Waals surface area contributed by atoms with E-state index in [4.69, 9.17) is 0 Å². The molecule has 6 nitrogen and oxygen atoms in total. The van der Waals surface area contributed by atoms with Crippen LogP contribution in [0.5, 0.6) is 5.75 Å². The Kier molecular flexibility index (Phi) is 5.86. The number of aryl methyl sites for hydroxylation is 1. The van der Waals surface area contributed by atoms with E-state index in [1.54, 1.807) is 0 Å². The molecule has 3 aromatic rings. The van der Waals surface area contributed by atoms with E-state index < -0.39 is 35.4 Å². The van der Waals surface area contributed by atoms with Gasteiger partial charge in [0.25, 0.3) is 5.91 Å². The van der Waals surface area contributed by atoms with E-state index in [2.05, 4.69) is 20.0 Å². The van der Waals surface area contributed by atoms with E-state index in [1.807, 2.05) is 0 Å². The Morgan fingerprint density at radius 1 is 1.20 bits per heavy atom. The molecule has 3 rings (SSSR count). The van der Waals surface area contributed by atoms with Crippen LogP contribution < -0.4 is 15.6 Å². The zero-order valence-electron chi connectivity index (χ0n) is 15.5. The van der Waals surface area contributed by atoms with Gasteiger partial charge in [0.05, 0.1) is 11.6 Å². The molecule has 2 heterocycles. The zero-order chi connectivity index (χ0) is 21.9. The van der Waals surface area contributed by atoms with Gasteiger partial charge in [-0.1, -0.05) is 6.07 Å². The Balaban J connectivity index is 1.99. The van der Waals surface area contributed by atoms with Crippen molar-refractivity contribution >= 4 is 5.91 Å². The molecule has 0 fully saturated rings. The van der Waals surface area contributed by atoms with Crippen LogP contribution in [0.25, 0.3) is 0 Å². The van der Waals surface area contributed by atoms with Crippen molar-refractivity contribution in [3.63, 3.8) is 0 Å². The first kappa shape index (κ1) is 21.0. The lowest BCUT2D eigenvalue weighted by atomic mass is 9.99. The molecule has 0 aliphatic rings. The van der Waals surface area contributed by atoms with Gasteiger partial charge in [-0.3, -0.25) is 14.6 Å². The number of amides is 1. The van der Waals surface area contributed by atoms with E-state index in [0.29, 0.717) is 0 Å². The van der Waals surface area contributed by atoms with Crippen LogP contribution in [0.1, 0.15) is 33.2 Å². The highest BCUT2D eigenvalue weighted by Crippen LogP contribution is 2.30. The van der Waals surface area contributed by atoms with Crippen molar-refractivity contribution in [2.24, 2.45) is 0 Å². The molecule has 2 N–H and O–H groups in total. The molecule has 10 heteroatoms. The van der Waals surface area contributed by atoms with Gasteiger partial charge in [-0.05, 0) is 48.4 Å². The first-order valence-electron chi connectivity index (χ1n) is 8.60. The van der Waals surface area contributed by atoms with Crippen molar-refractivity contribution in [1.29, 1.82) is 0 Å². The number of hydrogen-bond donors (Lipinski definition) is 2. The van der Waals surface area contributed by atoms with Crippen LogP contribution in [0.2, 0.25) is 0 Å². The van der Waals surface area contributed by atoms with Crippen LogP contribution in [0, 0.1) is 12.7 Å². The molecule has 0 spiro atoms. The summed E-state index contributed by atoms with van der Waals surface area (Å²) in [7, 11) is 0. The van der Waals surface area contributed by atoms with Gasteiger partial charge in [0.1, 0.15) is 17.3 Å². The Hall–Kier alpha value is -3.69. The number of benzene rings is 1. The van der Waals surface area contributed by atoms with Gasteiger partial charge in [-0.2, -0.15) is 0 Å². The lowest BCUT2D eigenvalue weighted by Gasteiger charge is -2.21. The maximum atomic E-state index is 14.4. The predicted molar refractivity (Wildman–Crippen MR) is 98.4 cm³/mol. The number of ether oxygens (including phenoxy) is 1. The van der Waals surface area contributed by atoms with Gasteiger partial charge in [-0.15, -0.1) is 13.2 Å². The number of aromatic amines is 1. The number of carbonyl (C=O) groups excluding carboxylic acids is 1. The first-order valence-corrected chi connectivity index (χ1v) is 8.60. The second kappa shape index (κ2) is 8.36. The Morgan fingerprint density at radius 2 is 1.97 bits per heavy atom. The Labute approximate surface area is 167 Å². The third-order valence-corrected chi connectivity index (χ3v) is 4.14. The van der Waals surface area contributed by atoms with Crippen LogP contribution in [0.15, 0.2) is 59.7 Å². The lowest BCUT2D eigenvalue weighted by Crippen LogP contribution is -2.31. The monoisotopic (exact) mass is 421 g/mol. The number of rotatable bonds is 5. The molecule has 1 amide bonds. The number of H-pyrrole nitrogens is 1. The molecular weight excluding hydrogens is 406 g/mol. The number of nitrogens with one attached hydrogen (secondary N) is 2. The standard InChI is InChI=1S/C20H15F4N3O3/c1-11-9-12(4-6-15(11)30-20(22,23)24)17(18-14(21)3-2-8-25-18)27-19(29)13-5-7-16(28)26-10-13/h2-10,17H,1H3,(H,26,28)(H,27,29)/t17-/m0/s1. The highest BCUT2D eigenvalue weighted by Gasteiger charge is 2.32. The maximum Gasteiger partial charge on any atom is 0.573 e. The molecular formula is C20H15F4N3O3. The number of aromatic nitrogens is 2. The molecule has 0 saturated heterocycles. The predicted octanol–water partition coefficient (Wildman–Crippen LogP) is 3.64. The van der Waals surface area contributed by atoms with Gasteiger partial charge in [0.2, 0.25) is 5.56 Å². The largest absolute Gasteiger partial charge is 0.573 e. The molecule has 30 heavy (non-hydrogen) atoms. The second-order valence-electron chi connectivity index (χ2n) is 6.29.